The average Bonchev–Trinajstić information content (AvgIpc) is 3.38. The lowest BCUT2D eigenvalue weighted by Crippen LogP contribution is -2.43. The van der Waals surface area contributed by atoms with E-state index in [9.17, 15) is 8.78 Å². The van der Waals surface area contributed by atoms with Crippen molar-refractivity contribution in [2.24, 2.45) is 11.6 Å². The van der Waals surface area contributed by atoms with E-state index in [4.69, 9.17) is 26.2 Å². The van der Waals surface area contributed by atoms with Crippen molar-refractivity contribution in [1.29, 1.82) is 0 Å². The molecule has 0 radical (unpaired) electrons. The molecule has 0 amide bonds. The fraction of sp³-hybridized carbons (Fsp3) is 0.391. The number of hydrogen-bond acceptors (Lipinski definition) is 11. The van der Waals surface area contributed by atoms with Gasteiger partial charge < -0.3 is 25.5 Å². The zero-order valence-electron chi connectivity index (χ0n) is 21.3. The number of anilines is 1. The second-order valence-corrected chi connectivity index (χ2v) is 8.49. The van der Waals surface area contributed by atoms with E-state index in [-0.39, 0.29) is 25.5 Å². The maximum absolute atomic E-state index is 13.9. The van der Waals surface area contributed by atoms with E-state index < -0.39 is 11.9 Å². The van der Waals surface area contributed by atoms with Crippen LogP contribution in [0, 0.1) is 6.92 Å². The van der Waals surface area contributed by atoms with Gasteiger partial charge in [0.1, 0.15) is 12.9 Å². The van der Waals surface area contributed by atoms with Gasteiger partial charge in [0.25, 0.3) is 11.9 Å². The highest BCUT2D eigenvalue weighted by molar-refractivity contribution is 5.65. The van der Waals surface area contributed by atoms with Gasteiger partial charge in [-0.1, -0.05) is 0 Å². The number of ether oxygens (including phenoxy) is 1. The van der Waals surface area contributed by atoms with Crippen LogP contribution in [0.5, 0.6) is 5.88 Å². The monoisotopic (exact) mass is 532 g/mol. The minimum Gasteiger partial charge on any atom is -0.481 e. The molecular formula is C23H30F2N10O3. The van der Waals surface area contributed by atoms with Crippen LogP contribution in [0.1, 0.15) is 31.2 Å². The number of likely N-dealkylation sites (N-methyl/N-ethyl adjacent to an activating group) is 1. The fourth-order valence-electron chi connectivity index (χ4n) is 3.72. The number of nitrogens with zero attached hydrogens (tertiary/aromatic N) is 8. The van der Waals surface area contributed by atoms with Crippen LogP contribution in [0.2, 0.25) is 0 Å². The van der Waals surface area contributed by atoms with E-state index >= 15 is 0 Å². The summed E-state index contributed by atoms with van der Waals surface area (Å²) < 4.78 is 33.5. The maximum Gasteiger partial charge on any atom is 0.300 e. The van der Waals surface area contributed by atoms with Crippen molar-refractivity contribution in [3.8, 4) is 11.7 Å². The van der Waals surface area contributed by atoms with E-state index in [0.717, 1.165) is 6.92 Å². The topological polar surface area (TPSA) is 174 Å². The summed E-state index contributed by atoms with van der Waals surface area (Å²) in [7, 11) is 1.63. The molecule has 15 heteroatoms. The number of rotatable bonds is 7. The molecule has 1 saturated heterocycles. The third-order valence-electron chi connectivity index (χ3n) is 5.41. The zero-order chi connectivity index (χ0) is 27.9. The molecule has 0 aliphatic carbocycles. The molecule has 204 valence electrons. The average molecular weight is 533 g/mol. The van der Waals surface area contributed by atoms with Crippen molar-refractivity contribution >= 4 is 17.4 Å². The number of carboxylic acid groups (broad SMARTS) is 1. The molecular weight excluding hydrogens is 502 g/mol. The highest BCUT2D eigenvalue weighted by Crippen LogP contribution is 2.31. The maximum atomic E-state index is 13.9. The molecule has 0 saturated carbocycles. The summed E-state index contributed by atoms with van der Waals surface area (Å²) in [6, 6.07) is 5.03. The van der Waals surface area contributed by atoms with Gasteiger partial charge in [-0.05, 0) is 25.5 Å². The molecule has 0 aromatic carbocycles. The molecule has 38 heavy (non-hydrogen) atoms. The van der Waals surface area contributed by atoms with Gasteiger partial charge in [0.2, 0.25) is 5.88 Å². The Morgan fingerprint density at radius 2 is 1.95 bits per heavy atom. The van der Waals surface area contributed by atoms with Crippen LogP contribution in [0.25, 0.3) is 11.5 Å². The number of aryl methyl sites for hydroxylation is 1. The van der Waals surface area contributed by atoms with Crippen LogP contribution >= 0.6 is 0 Å². The minimum absolute atomic E-state index is 0.00263. The van der Waals surface area contributed by atoms with Crippen LogP contribution in [0.3, 0.4) is 0 Å². The molecule has 0 unspecified atom stereocenters. The Morgan fingerprint density at radius 3 is 2.55 bits per heavy atom. The Kier molecular flexibility index (Phi) is 9.07. The highest BCUT2D eigenvalue weighted by atomic mass is 19.3. The lowest BCUT2D eigenvalue weighted by molar-refractivity contribution is -0.134. The normalized spacial score (nSPS) is 15.2. The number of pyridine rings is 1. The molecule has 4 heterocycles. The van der Waals surface area contributed by atoms with Gasteiger partial charge in [-0.3, -0.25) is 4.79 Å². The molecule has 0 spiro atoms. The van der Waals surface area contributed by atoms with Gasteiger partial charge in [-0.15, -0.1) is 4.80 Å². The van der Waals surface area contributed by atoms with Crippen LogP contribution in [0.4, 0.5) is 14.5 Å². The molecule has 0 atom stereocenters. The van der Waals surface area contributed by atoms with Crippen LogP contribution in [0.15, 0.2) is 42.6 Å². The third kappa shape index (κ3) is 7.55. The molecule has 1 fully saturated rings. The number of nitrogens with two attached hydrogens (primary N) is 2. The van der Waals surface area contributed by atoms with Gasteiger partial charge >= 0.3 is 0 Å². The summed E-state index contributed by atoms with van der Waals surface area (Å²) in [6.07, 6.45) is 4.73. The lowest BCUT2D eigenvalue weighted by atomic mass is 10.1. The number of hydrazine groups is 1. The first-order valence-corrected chi connectivity index (χ1v) is 11.6. The van der Waals surface area contributed by atoms with Crippen molar-refractivity contribution in [3.63, 3.8) is 0 Å². The van der Waals surface area contributed by atoms with E-state index in [1.54, 1.807) is 37.1 Å². The highest BCUT2D eigenvalue weighted by Gasteiger charge is 2.35. The van der Waals surface area contributed by atoms with Crippen molar-refractivity contribution < 1.29 is 23.4 Å². The summed E-state index contributed by atoms with van der Waals surface area (Å²) in [5.74, 6) is 3.18. The molecule has 13 nitrogen and oxygen atoms in total. The molecule has 3 aromatic rings. The van der Waals surface area contributed by atoms with Crippen LogP contribution < -0.4 is 21.2 Å². The SMILES string of the molecule is CC(=O)O.Cc1nc(/C(N)=C(\COc2cc(-n3nccn3)ncn2)N(C)N)ccc1N1CCCC(F)(F)C1. The summed E-state index contributed by atoms with van der Waals surface area (Å²) in [5, 5.41) is 16.8. The first kappa shape index (κ1) is 28.2. The first-order valence-electron chi connectivity index (χ1n) is 11.6. The number of piperidine rings is 1. The van der Waals surface area contributed by atoms with Crippen molar-refractivity contribution in [2.75, 3.05) is 31.6 Å². The molecule has 0 bridgehead atoms. The van der Waals surface area contributed by atoms with Gasteiger partial charge in [-0.25, -0.2) is 29.6 Å². The fourth-order valence-corrected chi connectivity index (χ4v) is 3.72. The first-order chi connectivity index (χ1) is 18.0. The second-order valence-electron chi connectivity index (χ2n) is 8.49. The van der Waals surface area contributed by atoms with E-state index in [2.05, 4.69) is 25.1 Å². The smallest absolute Gasteiger partial charge is 0.300 e. The number of alkyl halides is 2. The van der Waals surface area contributed by atoms with E-state index in [1.807, 2.05) is 0 Å². The molecule has 4 rings (SSSR count). The summed E-state index contributed by atoms with van der Waals surface area (Å²) in [5.41, 5.74) is 8.86. The van der Waals surface area contributed by atoms with Crippen molar-refractivity contribution in [3.05, 3.63) is 54.0 Å². The second kappa shape index (κ2) is 12.2. The van der Waals surface area contributed by atoms with E-state index in [0.29, 0.717) is 47.3 Å². The van der Waals surface area contributed by atoms with Crippen LogP contribution in [-0.2, 0) is 4.79 Å². The Labute approximate surface area is 217 Å². The van der Waals surface area contributed by atoms with Gasteiger partial charge in [-0.2, -0.15) is 10.2 Å². The van der Waals surface area contributed by atoms with Crippen molar-refractivity contribution in [2.45, 2.75) is 32.6 Å². The van der Waals surface area contributed by atoms with Gasteiger partial charge in [0.05, 0.1) is 47.4 Å². The molecule has 1 aliphatic rings. The number of hydrogen-bond donors (Lipinski definition) is 3. The number of carbonyl (C=O) groups is 1. The molecule has 3 aromatic heterocycles. The number of aliphatic carboxylic acids is 1. The van der Waals surface area contributed by atoms with Gasteiger partial charge in [0, 0.05) is 33.0 Å². The number of carboxylic acids is 1. The van der Waals surface area contributed by atoms with Crippen molar-refractivity contribution in [1.82, 2.24) is 35.0 Å². The van der Waals surface area contributed by atoms with Crippen LogP contribution in [-0.4, -0.2) is 78.7 Å². The third-order valence-corrected chi connectivity index (χ3v) is 5.41. The minimum atomic E-state index is -2.70. The van der Waals surface area contributed by atoms with E-state index in [1.165, 1.54) is 28.5 Å². The predicted molar refractivity (Wildman–Crippen MR) is 134 cm³/mol. The zero-order valence-corrected chi connectivity index (χ0v) is 21.3. The summed E-state index contributed by atoms with van der Waals surface area (Å²) >= 11 is 0. The Morgan fingerprint density at radius 1 is 1.26 bits per heavy atom. The predicted octanol–water partition coefficient (Wildman–Crippen LogP) is 1.60. The Hall–Kier alpha value is -4.40. The number of halogens is 2. The number of aromatic nitrogens is 6. The Balaban J connectivity index is 0.000000934. The quantitative estimate of drug-likeness (QED) is 0.296. The van der Waals surface area contributed by atoms with Gasteiger partial charge in [0.15, 0.2) is 5.82 Å². The Bertz CT molecular complexity index is 1260. The standard InChI is InChI=1S/C21H26F2N10O.C2H4O2/c1-14-16(32-9-3-6-21(22,23)12-32)5-4-15(30-14)20(24)17(31(2)25)11-34-19-10-18(26-13-27-19)33-28-7-8-29-33;1-2(3)4/h4-5,7-8,10,13H,3,6,9,11-12,24-25H2,1-2H3;1H3,(H,3,4)/b20-17-;. The molecule has 5 N–H and O–H groups in total. The molecule has 1 aliphatic heterocycles. The summed E-state index contributed by atoms with van der Waals surface area (Å²) in [4.78, 5) is 24.7. The summed E-state index contributed by atoms with van der Waals surface area (Å²) in [6.45, 7) is 3.09. The lowest BCUT2D eigenvalue weighted by Gasteiger charge is -2.34. The largest absolute Gasteiger partial charge is 0.481 e.